The third-order valence-corrected chi connectivity index (χ3v) is 13.0. The van der Waals surface area contributed by atoms with Gasteiger partial charge in [-0.05, 0) is 89.0 Å². The van der Waals surface area contributed by atoms with Crippen molar-refractivity contribution < 1.29 is 55.5 Å². The molecule has 0 bridgehead atoms. The van der Waals surface area contributed by atoms with Crippen LogP contribution in [-0.4, -0.2) is 131 Å². The quantitative estimate of drug-likeness (QED) is 0.247. The van der Waals surface area contributed by atoms with Crippen molar-refractivity contribution in [3.8, 4) is 0 Å². The maximum Gasteiger partial charge on any atom is 0.403 e. The van der Waals surface area contributed by atoms with Gasteiger partial charge in [-0.1, -0.05) is 56.3 Å². The molecule has 4 N–H and O–H groups in total. The number of hydrogen-bond donors (Lipinski definition) is 4. The molecule has 64 heavy (non-hydrogen) atoms. The molecule has 358 valence electrons. The monoisotopic (exact) mass is 951 g/mol. The molecule has 1 aliphatic carbocycles. The van der Waals surface area contributed by atoms with E-state index >= 15 is 0 Å². The number of nitrogens with one attached hydrogen (secondary N) is 4. The summed E-state index contributed by atoms with van der Waals surface area (Å²) in [7, 11) is 2.62. The Morgan fingerprint density at radius 2 is 1.61 bits per heavy atom. The first-order chi connectivity index (χ1) is 29.6. The molecule has 21 heteroatoms. The Balaban J connectivity index is 1.62. The first-order valence-corrected chi connectivity index (χ1v) is 22.3. The second-order valence-corrected chi connectivity index (χ2v) is 19.1. The van der Waals surface area contributed by atoms with Gasteiger partial charge in [-0.15, -0.1) is 0 Å². The predicted octanol–water partition coefficient (Wildman–Crippen LogP) is 5.17. The van der Waals surface area contributed by atoms with Gasteiger partial charge in [0.1, 0.15) is 41.2 Å². The fourth-order valence-corrected chi connectivity index (χ4v) is 9.04. The van der Waals surface area contributed by atoms with Gasteiger partial charge in [-0.2, -0.15) is 13.2 Å². The second-order valence-electron chi connectivity index (χ2n) is 18.3. The van der Waals surface area contributed by atoms with Crippen LogP contribution in [0.1, 0.15) is 104 Å². The highest BCUT2D eigenvalue weighted by Crippen LogP contribution is 2.51. The van der Waals surface area contributed by atoms with E-state index in [-0.39, 0.29) is 60.9 Å². The molecular formula is C43H60Cl2F5N7O7. The standard InChI is InChI=1S/C43H60Cl2F5N7O7/c1-24(2)19-29-37(62)56(7)31(21-26-20-27(44)14-15-28(26)45)35(60)54-40(4,5)38(63)51-18-12-9-13-30(33(58)53-29)55(6)36(61)25(3)52-34(59)32-22-42(46,47)23-57(32)39(64)41(43(48,49)50)16-10-8-11-17-41/h14-15,20,24-25,29-32H,8-13,16-19,21-23H2,1-7H3,(H,51,63)(H,52,59)(H,53,58)(H,54,60)/t25-,29-,30-,31-,32-/m0/s1. The van der Waals surface area contributed by atoms with E-state index in [1.807, 2.05) is 0 Å². The minimum absolute atomic E-state index is 0.0181. The number of amides is 7. The van der Waals surface area contributed by atoms with E-state index in [1.54, 1.807) is 26.0 Å². The molecule has 0 unspecified atom stereocenters. The molecule has 1 aromatic carbocycles. The van der Waals surface area contributed by atoms with Crippen LogP contribution in [0.3, 0.4) is 0 Å². The van der Waals surface area contributed by atoms with Crippen molar-refractivity contribution in [2.75, 3.05) is 27.2 Å². The Labute approximate surface area is 380 Å². The van der Waals surface area contributed by atoms with Crippen LogP contribution in [0.4, 0.5) is 22.0 Å². The zero-order valence-electron chi connectivity index (χ0n) is 37.2. The number of likely N-dealkylation sites (tertiary alicyclic amines) is 1. The largest absolute Gasteiger partial charge is 0.403 e. The van der Waals surface area contributed by atoms with Gasteiger partial charge in [-0.3, -0.25) is 33.6 Å². The molecule has 3 fully saturated rings. The van der Waals surface area contributed by atoms with Crippen molar-refractivity contribution in [2.24, 2.45) is 11.3 Å². The van der Waals surface area contributed by atoms with Crippen LogP contribution in [0.5, 0.6) is 0 Å². The van der Waals surface area contributed by atoms with Crippen molar-refractivity contribution in [1.29, 1.82) is 0 Å². The molecule has 5 atom stereocenters. The van der Waals surface area contributed by atoms with Gasteiger partial charge in [0.15, 0.2) is 0 Å². The summed E-state index contributed by atoms with van der Waals surface area (Å²) in [4.78, 5) is 99.8. The van der Waals surface area contributed by atoms with Crippen molar-refractivity contribution in [2.45, 2.75) is 153 Å². The van der Waals surface area contributed by atoms with Gasteiger partial charge in [0.05, 0.1) is 6.54 Å². The summed E-state index contributed by atoms with van der Waals surface area (Å²) in [5.41, 5.74) is -3.96. The first kappa shape index (κ1) is 52.4. The van der Waals surface area contributed by atoms with E-state index in [1.165, 1.54) is 40.9 Å². The van der Waals surface area contributed by atoms with Crippen molar-refractivity contribution in [1.82, 2.24) is 36.0 Å². The van der Waals surface area contributed by atoms with Gasteiger partial charge in [-0.25, -0.2) is 8.78 Å². The number of hydrogen-bond acceptors (Lipinski definition) is 7. The number of carbonyl (C=O) groups excluding carboxylic acids is 7. The summed E-state index contributed by atoms with van der Waals surface area (Å²) in [6.07, 6.45) is -6.54. The molecular weight excluding hydrogens is 892 g/mol. The Morgan fingerprint density at radius 1 is 0.969 bits per heavy atom. The summed E-state index contributed by atoms with van der Waals surface area (Å²) < 4.78 is 73.2. The Morgan fingerprint density at radius 3 is 2.22 bits per heavy atom. The third kappa shape index (κ3) is 12.3. The zero-order chi connectivity index (χ0) is 48.1. The lowest BCUT2D eigenvalue weighted by atomic mass is 9.72. The van der Waals surface area contributed by atoms with E-state index in [9.17, 15) is 55.5 Å². The van der Waals surface area contributed by atoms with E-state index in [0.29, 0.717) is 23.4 Å². The summed E-state index contributed by atoms with van der Waals surface area (Å²) in [6, 6.07) is -2.74. The molecule has 0 spiro atoms. The number of benzene rings is 1. The maximum absolute atomic E-state index is 14.9. The molecule has 1 saturated carbocycles. The average molecular weight is 953 g/mol. The fraction of sp³-hybridized carbons (Fsp3) is 0.698. The van der Waals surface area contributed by atoms with Gasteiger partial charge < -0.3 is 36.0 Å². The third-order valence-electron chi connectivity index (χ3n) is 12.4. The highest BCUT2D eigenvalue weighted by atomic mass is 35.5. The zero-order valence-corrected chi connectivity index (χ0v) is 38.7. The van der Waals surface area contributed by atoms with E-state index < -0.39 is 120 Å². The Bertz CT molecular complexity index is 1930. The lowest BCUT2D eigenvalue weighted by Crippen LogP contribution is -2.62. The Hall–Kier alpha value is -4.26. The second kappa shape index (κ2) is 20.9. The molecule has 14 nitrogen and oxygen atoms in total. The average Bonchev–Trinajstić information content (AvgIpc) is 3.54. The molecule has 2 heterocycles. The summed E-state index contributed by atoms with van der Waals surface area (Å²) in [5, 5.41) is 11.1. The highest BCUT2D eigenvalue weighted by Gasteiger charge is 2.64. The molecule has 2 saturated heterocycles. The molecule has 0 radical (unpaired) electrons. The number of halogens is 7. The molecule has 0 aromatic heterocycles. The van der Waals surface area contributed by atoms with Crippen LogP contribution in [0.2, 0.25) is 10.0 Å². The van der Waals surface area contributed by atoms with Crippen LogP contribution in [-0.2, 0) is 40.0 Å². The molecule has 4 rings (SSSR count). The van der Waals surface area contributed by atoms with E-state index in [2.05, 4.69) is 21.3 Å². The topological polar surface area (TPSA) is 177 Å². The molecule has 1 aromatic rings. The lowest BCUT2D eigenvalue weighted by molar-refractivity contribution is -0.236. The van der Waals surface area contributed by atoms with Crippen LogP contribution < -0.4 is 21.3 Å². The maximum atomic E-state index is 14.9. The smallest absolute Gasteiger partial charge is 0.354 e. The molecule has 7 amide bonds. The number of alkyl halides is 5. The summed E-state index contributed by atoms with van der Waals surface area (Å²) in [6.45, 7) is 6.50. The fourth-order valence-electron chi connectivity index (χ4n) is 8.65. The van der Waals surface area contributed by atoms with E-state index in [4.69, 9.17) is 23.2 Å². The molecule has 2 aliphatic heterocycles. The van der Waals surface area contributed by atoms with Crippen molar-refractivity contribution >= 4 is 64.6 Å². The van der Waals surface area contributed by atoms with Gasteiger partial charge in [0.25, 0.3) is 5.92 Å². The lowest BCUT2D eigenvalue weighted by Gasteiger charge is -2.41. The van der Waals surface area contributed by atoms with Crippen LogP contribution in [0.25, 0.3) is 0 Å². The summed E-state index contributed by atoms with van der Waals surface area (Å²) >= 11 is 12.7. The number of rotatable bonds is 9. The first-order valence-electron chi connectivity index (χ1n) is 21.6. The number of carbonyl (C=O) groups is 7. The van der Waals surface area contributed by atoms with Crippen LogP contribution in [0.15, 0.2) is 18.2 Å². The normalized spacial score (nSPS) is 25.2. The summed E-state index contributed by atoms with van der Waals surface area (Å²) in [5.74, 6) is -10.3. The van der Waals surface area contributed by atoms with Crippen molar-refractivity contribution in [3.05, 3.63) is 33.8 Å². The van der Waals surface area contributed by atoms with Crippen LogP contribution in [0, 0.1) is 11.3 Å². The van der Waals surface area contributed by atoms with Crippen molar-refractivity contribution in [3.63, 3.8) is 0 Å². The van der Waals surface area contributed by atoms with Gasteiger partial charge in [0.2, 0.25) is 41.4 Å². The van der Waals surface area contributed by atoms with Gasteiger partial charge >= 0.3 is 6.18 Å². The van der Waals surface area contributed by atoms with Crippen LogP contribution >= 0.6 is 23.2 Å². The molecule has 3 aliphatic rings. The SMILES string of the molecule is CC(C)C[C@@H]1NC(=O)[C@@H](N(C)C(=O)[C@H](C)NC(=O)[C@@H]2CC(F)(F)CN2C(=O)C2(C(F)(F)F)CCCCC2)CCCCNC(=O)C(C)(C)NC(=O)[C@H](Cc2cc(Cl)ccc2Cl)N(C)C1=O. The van der Waals surface area contributed by atoms with Gasteiger partial charge in [0, 0.05) is 43.5 Å². The minimum atomic E-state index is -5.06. The minimum Gasteiger partial charge on any atom is -0.354 e. The Kier molecular flexibility index (Phi) is 17.1. The predicted molar refractivity (Wildman–Crippen MR) is 228 cm³/mol. The highest BCUT2D eigenvalue weighted by molar-refractivity contribution is 6.33. The van der Waals surface area contributed by atoms with E-state index in [0.717, 1.165) is 9.80 Å². The number of nitrogens with zero attached hydrogens (tertiary/aromatic N) is 3. The number of likely N-dealkylation sites (N-methyl/N-ethyl adjacent to an activating group) is 2.